The molecule has 3 heterocycles. The predicted octanol–water partition coefficient (Wildman–Crippen LogP) is 1.47. The lowest BCUT2D eigenvalue weighted by Gasteiger charge is -2.37. The SMILES string of the molecule is CC(C)(O)C(C)(C)OBc1cnc2cc(B3OC(C)(C)C(C)(C)O3)cnc2c1. The highest BCUT2D eigenvalue weighted by Gasteiger charge is 2.51. The van der Waals surface area contributed by atoms with Gasteiger partial charge in [0.25, 0.3) is 0 Å². The van der Waals surface area contributed by atoms with Crippen molar-refractivity contribution in [1.29, 1.82) is 0 Å². The monoisotopic (exact) mass is 384 g/mol. The van der Waals surface area contributed by atoms with Crippen LogP contribution in [-0.2, 0) is 14.0 Å². The number of rotatable bonds is 5. The molecule has 0 atom stereocenters. The molecule has 0 aromatic carbocycles. The Morgan fingerprint density at radius 3 is 2.07 bits per heavy atom. The number of nitrogens with zero attached hydrogens (tertiary/aromatic N) is 2. The Labute approximate surface area is 168 Å². The van der Waals surface area contributed by atoms with Crippen molar-refractivity contribution in [2.75, 3.05) is 0 Å². The van der Waals surface area contributed by atoms with Gasteiger partial charge in [0.1, 0.15) is 0 Å². The summed E-state index contributed by atoms with van der Waals surface area (Å²) in [6.45, 7) is 15.3. The van der Waals surface area contributed by atoms with Gasteiger partial charge in [0.05, 0.1) is 33.4 Å². The molecule has 0 saturated carbocycles. The highest BCUT2D eigenvalue weighted by Crippen LogP contribution is 2.36. The summed E-state index contributed by atoms with van der Waals surface area (Å²) in [5.41, 5.74) is 0.887. The van der Waals surface area contributed by atoms with E-state index in [9.17, 15) is 5.11 Å². The number of hydrogen-bond acceptors (Lipinski definition) is 6. The fourth-order valence-corrected chi connectivity index (χ4v) is 2.69. The van der Waals surface area contributed by atoms with Crippen molar-refractivity contribution in [3.63, 3.8) is 0 Å². The van der Waals surface area contributed by atoms with Crippen LogP contribution in [0.2, 0.25) is 0 Å². The van der Waals surface area contributed by atoms with E-state index < -0.39 is 29.5 Å². The van der Waals surface area contributed by atoms with Gasteiger partial charge in [-0.25, -0.2) is 0 Å². The zero-order valence-electron chi connectivity index (χ0n) is 18.2. The molecule has 0 bridgehead atoms. The second-order valence-electron chi connectivity index (χ2n) is 9.60. The van der Waals surface area contributed by atoms with E-state index in [1.807, 2.05) is 53.7 Å². The van der Waals surface area contributed by atoms with E-state index in [4.69, 9.17) is 14.0 Å². The molecule has 1 fully saturated rings. The lowest BCUT2D eigenvalue weighted by molar-refractivity contribution is -0.0893. The number of fused-ring (bicyclic) bond motifs is 1. The summed E-state index contributed by atoms with van der Waals surface area (Å²) in [5, 5.41) is 10.2. The van der Waals surface area contributed by atoms with E-state index in [0.717, 1.165) is 22.0 Å². The number of pyridine rings is 2. The van der Waals surface area contributed by atoms with Crippen LogP contribution in [0, 0.1) is 0 Å². The maximum absolute atomic E-state index is 10.2. The molecule has 1 saturated heterocycles. The first-order valence-electron chi connectivity index (χ1n) is 9.68. The molecule has 1 aliphatic rings. The molecule has 150 valence electrons. The van der Waals surface area contributed by atoms with Crippen molar-refractivity contribution in [2.45, 2.75) is 77.8 Å². The summed E-state index contributed by atoms with van der Waals surface area (Å²) in [6, 6.07) is 3.91. The lowest BCUT2D eigenvalue weighted by atomic mass is 9.80. The minimum Gasteiger partial charge on any atom is -0.427 e. The molecule has 1 N–H and O–H groups in total. The highest BCUT2D eigenvalue weighted by atomic mass is 16.7. The standard InChI is InChI=1S/C20H30B2N2O4/c1-17(2,25)18(3,4)26-21-13-9-15-16(23-11-13)10-14(12-24-15)22-27-19(5,6)20(7,8)28-22/h9-12,21,25H,1-8H3. The maximum atomic E-state index is 10.2. The van der Waals surface area contributed by atoms with E-state index in [1.54, 1.807) is 26.2 Å². The average Bonchev–Trinajstić information content (AvgIpc) is 2.79. The van der Waals surface area contributed by atoms with E-state index in [0.29, 0.717) is 7.48 Å². The minimum atomic E-state index is -0.951. The third-order valence-corrected chi connectivity index (χ3v) is 6.21. The van der Waals surface area contributed by atoms with Crippen molar-refractivity contribution in [1.82, 2.24) is 9.97 Å². The summed E-state index contributed by atoms with van der Waals surface area (Å²) in [6.07, 6.45) is 3.55. The molecular weight excluding hydrogens is 354 g/mol. The van der Waals surface area contributed by atoms with E-state index >= 15 is 0 Å². The molecule has 0 spiro atoms. The molecule has 0 amide bonds. The Bertz CT molecular complexity index is 862. The average molecular weight is 384 g/mol. The summed E-state index contributed by atoms with van der Waals surface area (Å²) in [4.78, 5) is 9.08. The van der Waals surface area contributed by atoms with Gasteiger partial charge in [0.15, 0.2) is 0 Å². The molecule has 2 aromatic heterocycles. The van der Waals surface area contributed by atoms with Gasteiger partial charge in [0, 0.05) is 17.9 Å². The van der Waals surface area contributed by atoms with Crippen molar-refractivity contribution in [3.05, 3.63) is 24.5 Å². The van der Waals surface area contributed by atoms with Gasteiger partial charge in [-0.3, -0.25) is 9.97 Å². The molecule has 0 radical (unpaired) electrons. The second-order valence-corrected chi connectivity index (χ2v) is 9.60. The number of aromatic nitrogens is 2. The molecule has 8 heteroatoms. The topological polar surface area (TPSA) is 73.7 Å². The fourth-order valence-electron chi connectivity index (χ4n) is 2.69. The first-order chi connectivity index (χ1) is 12.7. The molecular formula is C20H30B2N2O4. The van der Waals surface area contributed by atoms with Crippen LogP contribution < -0.4 is 10.9 Å². The maximum Gasteiger partial charge on any atom is 0.496 e. The first kappa shape index (κ1) is 21.2. The predicted molar refractivity (Wildman–Crippen MR) is 113 cm³/mol. The van der Waals surface area contributed by atoms with Crippen LogP contribution in [0.4, 0.5) is 0 Å². The van der Waals surface area contributed by atoms with E-state index in [2.05, 4.69) is 9.97 Å². The summed E-state index contributed by atoms with van der Waals surface area (Å²) < 4.78 is 18.1. The smallest absolute Gasteiger partial charge is 0.427 e. The largest absolute Gasteiger partial charge is 0.496 e. The number of hydrogen-bond donors (Lipinski definition) is 1. The first-order valence-corrected chi connectivity index (χ1v) is 9.68. The van der Waals surface area contributed by atoms with E-state index in [1.165, 1.54) is 0 Å². The van der Waals surface area contributed by atoms with Gasteiger partial charge in [-0.05, 0) is 73.0 Å². The van der Waals surface area contributed by atoms with Crippen LogP contribution in [0.15, 0.2) is 24.5 Å². The molecule has 6 nitrogen and oxygen atoms in total. The zero-order chi connectivity index (χ0) is 21.0. The van der Waals surface area contributed by atoms with Crippen LogP contribution in [0.1, 0.15) is 55.4 Å². The van der Waals surface area contributed by atoms with Crippen LogP contribution in [-0.4, -0.2) is 52.1 Å². The molecule has 1 aliphatic heterocycles. The van der Waals surface area contributed by atoms with Gasteiger partial charge in [0.2, 0.25) is 0 Å². The zero-order valence-corrected chi connectivity index (χ0v) is 18.2. The van der Waals surface area contributed by atoms with Gasteiger partial charge in [-0.1, -0.05) is 0 Å². The third kappa shape index (κ3) is 3.96. The summed E-state index contributed by atoms with van der Waals surface area (Å²) in [7, 11) is -0.111. The Morgan fingerprint density at radius 2 is 1.50 bits per heavy atom. The van der Waals surface area contributed by atoms with Crippen molar-refractivity contribution in [2.24, 2.45) is 0 Å². The Hall–Kier alpha value is -1.47. The Balaban J connectivity index is 1.78. The van der Waals surface area contributed by atoms with E-state index in [-0.39, 0.29) is 0 Å². The van der Waals surface area contributed by atoms with Crippen molar-refractivity contribution < 1.29 is 19.1 Å². The van der Waals surface area contributed by atoms with Gasteiger partial charge < -0.3 is 19.1 Å². The fraction of sp³-hybridized carbons (Fsp3) is 0.600. The minimum absolute atomic E-state index is 0.348. The summed E-state index contributed by atoms with van der Waals surface area (Å²) in [5.74, 6) is 0. The van der Waals surface area contributed by atoms with Crippen LogP contribution >= 0.6 is 0 Å². The summed E-state index contributed by atoms with van der Waals surface area (Å²) >= 11 is 0. The second kappa shape index (κ2) is 6.80. The van der Waals surface area contributed by atoms with Crippen LogP contribution in [0.3, 0.4) is 0 Å². The van der Waals surface area contributed by atoms with Gasteiger partial charge in [-0.15, -0.1) is 0 Å². The van der Waals surface area contributed by atoms with Gasteiger partial charge in [-0.2, -0.15) is 0 Å². The van der Waals surface area contributed by atoms with Crippen molar-refractivity contribution >= 4 is 36.6 Å². The van der Waals surface area contributed by atoms with Crippen molar-refractivity contribution in [3.8, 4) is 0 Å². The Kier molecular flexibility index (Phi) is 5.16. The third-order valence-electron chi connectivity index (χ3n) is 6.21. The molecule has 0 aliphatic carbocycles. The lowest BCUT2D eigenvalue weighted by Crippen LogP contribution is -2.49. The highest BCUT2D eigenvalue weighted by molar-refractivity contribution is 6.62. The Morgan fingerprint density at radius 1 is 0.964 bits per heavy atom. The quantitative estimate of drug-likeness (QED) is 0.788. The number of aliphatic hydroxyl groups is 1. The molecule has 0 unspecified atom stereocenters. The van der Waals surface area contributed by atoms with Crippen LogP contribution in [0.5, 0.6) is 0 Å². The molecule has 28 heavy (non-hydrogen) atoms. The van der Waals surface area contributed by atoms with Crippen LogP contribution in [0.25, 0.3) is 11.0 Å². The molecule has 3 rings (SSSR count). The van der Waals surface area contributed by atoms with Gasteiger partial charge >= 0.3 is 14.6 Å². The molecule has 2 aromatic rings. The normalized spacial score (nSPS) is 19.2.